The number of aliphatic hydroxyl groups excluding tert-OH is 1. The first kappa shape index (κ1) is 29.5. The number of hydrazone groups is 1. The van der Waals surface area contributed by atoms with Gasteiger partial charge in [0, 0.05) is 38.1 Å². The van der Waals surface area contributed by atoms with E-state index in [1.54, 1.807) is 19.2 Å². The Bertz CT molecular complexity index is 1210. The number of rotatable bonds is 7. The molecule has 0 radical (unpaired) electrons. The van der Waals surface area contributed by atoms with E-state index in [4.69, 9.17) is 0 Å². The molecule has 2 aromatic rings. The monoisotopic (exact) mass is 558 g/mol. The summed E-state index contributed by atoms with van der Waals surface area (Å²) in [6.45, 7) is 2.13. The number of hydrogen-bond donors (Lipinski definition) is 2. The number of aliphatic imine (C=N–C) groups is 1. The van der Waals surface area contributed by atoms with Crippen molar-refractivity contribution in [2.45, 2.75) is 37.8 Å². The van der Waals surface area contributed by atoms with Crippen LogP contribution in [0.5, 0.6) is 0 Å². The van der Waals surface area contributed by atoms with Gasteiger partial charge in [-0.25, -0.2) is 15.0 Å². The number of aliphatic hydroxyl groups is 1. The van der Waals surface area contributed by atoms with E-state index >= 15 is 0 Å². The third kappa shape index (κ3) is 7.99. The maximum Gasteiger partial charge on any atom is 0.416 e. The van der Waals surface area contributed by atoms with E-state index in [0.29, 0.717) is 36.5 Å². The van der Waals surface area contributed by atoms with Gasteiger partial charge in [0.2, 0.25) is 0 Å². The van der Waals surface area contributed by atoms with Crippen molar-refractivity contribution in [1.29, 1.82) is 0 Å². The Morgan fingerprint density at radius 3 is 2.28 bits per heavy atom. The number of carbonyl (C=O) groups is 2. The minimum absolute atomic E-state index is 0.0618. The van der Waals surface area contributed by atoms with Gasteiger partial charge in [0.25, 0.3) is 11.8 Å². The van der Waals surface area contributed by atoms with Gasteiger partial charge in [-0.15, -0.1) is 0 Å². The first-order valence-corrected chi connectivity index (χ1v) is 11.5. The van der Waals surface area contributed by atoms with E-state index in [0.717, 1.165) is 6.34 Å². The Morgan fingerprint density at radius 2 is 1.77 bits per heavy atom. The van der Waals surface area contributed by atoms with Crippen LogP contribution in [0.15, 0.2) is 46.6 Å². The Hall–Kier alpha value is -4.01. The molecular weight excluding hydrogens is 534 g/mol. The van der Waals surface area contributed by atoms with E-state index in [1.165, 1.54) is 29.2 Å². The van der Waals surface area contributed by atoms with Crippen molar-refractivity contribution in [2.24, 2.45) is 10.1 Å². The van der Waals surface area contributed by atoms with Crippen LogP contribution in [0.25, 0.3) is 0 Å². The molecule has 0 saturated carbocycles. The van der Waals surface area contributed by atoms with Crippen LogP contribution in [0.1, 0.15) is 45.2 Å². The highest BCUT2D eigenvalue weighted by molar-refractivity contribution is 5.96. The fourth-order valence-corrected chi connectivity index (χ4v) is 3.56. The van der Waals surface area contributed by atoms with E-state index < -0.39 is 47.1 Å². The number of likely N-dealkylation sites (tertiary alicyclic amines) is 1. The van der Waals surface area contributed by atoms with Crippen molar-refractivity contribution >= 4 is 30.2 Å². The first-order valence-electron chi connectivity index (χ1n) is 11.5. The second kappa shape index (κ2) is 11.8. The highest BCUT2D eigenvalue weighted by atomic mass is 19.4. The lowest BCUT2D eigenvalue weighted by Gasteiger charge is -2.16. The maximum absolute atomic E-state index is 13.0. The molecule has 2 heterocycles. The van der Waals surface area contributed by atoms with Gasteiger partial charge in [-0.3, -0.25) is 9.59 Å². The molecule has 3 rings (SSSR count). The summed E-state index contributed by atoms with van der Waals surface area (Å²) in [6.07, 6.45) is -6.55. The lowest BCUT2D eigenvalue weighted by molar-refractivity contribution is -0.143. The lowest BCUT2D eigenvalue weighted by Crippen LogP contribution is -2.34. The average molecular weight is 558 g/mol. The molecule has 1 aromatic heterocycles. The molecule has 0 aliphatic carbocycles. The van der Waals surface area contributed by atoms with Gasteiger partial charge in [0.15, 0.2) is 0 Å². The van der Waals surface area contributed by atoms with Crippen LogP contribution in [0.4, 0.5) is 32.2 Å². The minimum Gasteiger partial charge on any atom is -0.391 e. The summed E-state index contributed by atoms with van der Waals surface area (Å²) in [4.78, 5) is 34.3. The zero-order chi connectivity index (χ0) is 29.0. The molecule has 0 bridgehead atoms. The molecule has 9 nitrogen and oxygen atoms in total. The standard InChI is InChI=1S/C24H24F6N6O3/c1-14(34-21(38)16-7-17(23(25,26)27)9-18(8-16)24(28,29)30)10-31-13-33-35(2)20-4-3-15(11-32-20)22(39)36-6-5-19(37)12-36/h3-4,7-11,13-14,19,37H,5-6,12H2,1-2H3,(H,34,38)/b31-10?,33-13-/t14-,19?/m0/s1. The third-order valence-corrected chi connectivity index (χ3v) is 5.59. The van der Waals surface area contributed by atoms with Crippen LogP contribution in [0.2, 0.25) is 0 Å². The predicted octanol–water partition coefficient (Wildman–Crippen LogP) is 3.59. The van der Waals surface area contributed by atoms with E-state index in [2.05, 4.69) is 20.4 Å². The molecular formula is C24H24F6N6O3. The number of benzene rings is 1. The number of carbonyl (C=O) groups excluding carboxylic acids is 2. The Morgan fingerprint density at radius 1 is 1.13 bits per heavy atom. The van der Waals surface area contributed by atoms with Crippen molar-refractivity contribution < 1.29 is 41.0 Å². The number of alkyl halides is 6. The van der Waals surface area contributed by atoms with Crippen molar-refractivity contribution in [3.8, 4) is 0 Å². The van der Waals surface area contributed by atoms with Gasteiger partial charge in [0.1, 0.15) is 12.2 Å². The summed E-state index contributed by atoms with van der Waals surface area (Å²) in [7, 11) is 1.55. The smallest absolute Gasteiger partial charge is 0.391 e. The quantitative estimate of drug-likeness (QED) is 0.234. The van der Waals surface area contributed by atoms with Gasteiger partial charge in [-0.05, 0) is 43.7 Å². The number of nitrogens with zero attached hydrogens (tertiary/aromatic N) is 5. The molecule has 1 fully saturated rings. The van der Waals surface area contributed by atoms with Crippen molar-refractivity contribution in [3.05, 3.63) is 58.8 Å². The Kier molecular flexibility index (Phi) is 8.94. The molecule has 210 valence electrons. The highest BCUT2D eigenvalue weighted by Crippen LogP contribution is 2.36. The second-order valence-electron chi connectivity index (χ2n) is 8.71. The number of amides is 2. The molecule has 1 saturated heterocycles. The van der Waals surface area contributed by atoms with Crippen LogP contribution in [-0.2, 0) is 12.4 Å². The summed E-state index contributed by atoms with van der Waals surface area (Å²) in [5.41, 5.74) is -3.66. The molecule has 1 aliphatic heterocycles. The molecule has 2 N–H and O–H groups in total. The van der Waals surface area contributed by atoms with E-state index in [1.807, 2.05) is 0 Å². The lowest BCUT2D eigenvalue weighted by atomic mass is 10.0. The number of β-amino-alcohol motifs (C(OH)–C–C–N with tert-alkyl or cyclic N) is 1. The van der Waals surface area contributed by atoms with Crippen LogP contribution < -0.4 is 10.3 Å². The SMILES string of the molecule is C[C@@H](C=N/C=N\N(C)c1ccc(C(=O)N2CCC(O)C2)cn1)NC(=O)c1cc(C(F)(F)F)cc(C(F)(F)F)c1. The van der Waals surface area contributed by atoms with Gasteiger partial charge < -0.3 is 15.3 Å². The van der Waals surface area contributed by atoms with E-state index in [9.17, 15) is 41.0 Å². The number of aromatic nitrogens is 1. The summed E-state index contributed by atoms with van der Waals surface area (Å²) < 4.78 is 78.1. The van der Waals surface area contributed by atoms with Crippen LogP contribution in [0, 0.1) is 0 Å². The Balaban J connectivity index is 1.58. The molecule has 0 spiro atoms. The van der Waals surface area contributed by atoms with Gasteiger partial charge in [-0.1, -0.05) is 0 Å². The number of anilines is 1. The van der Waals surface area contributed by atoms with Gasteiger partial charge >= 0.3 is 12.4 Å². The summed E-state index contributed by atoms with van der Waals surface area (Å²) >= 11 is 0. The first-order chi connectivity index (χ1) is 18.1. The Labute approximate surface area is 218 Å². The van der Waals surface area contributed by atoms with Crippen LogP contribution in [0.3, 0.4) is 0 Å². The zero-order valence-electron chi connectivity index (χ0n) is 20.7. The normalized spacial score (nSPS) is 17.2. The largest absolute Gasteiger partial charge is 0.416 e. The number of nitrogens with one attached hydrogen (secondary N) is 1. The van der Waals surface area contributed by atoms with E-state index in [-0.39, 0.29) is 18.5 Å². The van der Waals surface area contributed by atoms with Crippen molar-refractivity contribution in [2.75, 3.05) is 25.1 Å². The second-order valence-corrected chi connectivity index (χ2v) is 8.71. The summed E-state index contributed by atoms with van der Waals surface area (Å²) in [5.74, 6) is -1.04. The molecule has 1 aromatic carbocycles. The molecule has 15 heteroatoms. The topological polar surface area (TPSA) is 110 Å². The van der Waals surface area contributed by atoms with Crippen molar-refractivity contribution in [3.63, 3.8) is 0 Å². The molecule has 1 aliphatic rings. The molecule has 39 heavy (non-hydrogen) atoms. The molecule has 2 atom stereocenters. The maximum atomic E-state index is 13.0. The average Bonchev–Trinajstić information content (AvgIpc) is 3.31. The number of halogens is 6. The summed E-state index contributed by atoms with van der Waals surface area (Å²) in [5, 5.41) is 17.2. The van der Waals surface area contributed by atoms with Crippen LogP contribution >= 0.6 is 0 Å². The third-order valence-electron chi connectivity index (χ3n) is 5.59. The number of pyridine rings is 1. The fraction of sp³-hybridized carbons (Fsp3) is 0.375. The van der Waals surface area contributed by atoms with Gasteiger partial charge in [0.05, 0.1) is 28.8 Å². The fourth-order valence-electron chi connectivity index (χ4n) is 3.56. The minimum atomic E-state index is -5.08. The van der Waals surface area contributed by atoms with Crippen LogP contribution in [-0.4, -0.2) is 71.6 Å². The predicted molar refractivity (Wildman–Crippen MR) is 130 cm³/mol. The van der Waals surface area contributed by atoms with Crippen molar-refractivity contribution in [1.82, 2.24) is 15.2 Å². The van der Waals surface area contributed by atoms with Gasteiger partial charge in [-0.2, -0.15) is 31.4 Å². The summed E-state index contributed by atoms with van der Waals surface area (Å²) in [6, 6.07) is 2.85. The zero-order valence-corrected chi connectivity index (χ0v) is 20.7. The highest BCUT2D eigenvalue weighted by Gasteiger charge is 2.37. The number of hydrogen-bond acceptors (Lipinski definition) is 6. The molecule has 1 unspecified atom stereocenters. The molecule has 2 amide bonds.